The minimum absolute atomic E-state index is 1.30. The van der Waals surface area contributed by atoms with Gasteiger partial charge in [0, 0.05) is 0 Å². The Morgan fingerprint density at radius 1 is 1.40 bits per heavy atom. The van der Waals surface area contributed by atoms with Gasteiger partial charge in [-0.05, 0) is 13.2 Å². The van der Waals surface area contributed by atoms with Crippen LogP contribution in [0, 0.1) is 6.92 Å². The third-order valence-electron chi connectivity index (χ3n) is 1.30. The predicted molar refractivity (Wildman–Crippen MR) is 50.1 cm³/mol. The van der Waals surface area contributed by atoms with E-state index in [2.05, 4.69) is 44.0 Å². The summed E-state index contributed by atoms with van der Waals surface area (Å²) in [5, 5.41) is 0. The fourth-order valence-corrected chi connectivity index (χ4v) is 1.30. The third kappa shape index (κ3) is 2.11. The van der Waals surface area contributed by atoms with Crippen molar-refractivity contribution in [2.45, 2.75) is 6.92 Å². The first-order valence-corrected chi connectivity index (χ1v) is 4.54. The molecule has 1 aromatic carbocycles. The second-order valence-corrected chi connectivity index (χ2v) is 2.97. The van der Waals surface area contributed by atoms with Crippen molar-refractivity contribution in [1.29, 1.82) is 0 Å². The highest BCUT2D eigenvalue weighted by molar-refractivity contribution is 8.23. The van der Waals surface area contributed by atoms with E-state index in [-0.39, 0.29) is 0 Å². The van der Waals surface area contributed by atoms with Crippen LogP contribution in [0.5, 0.6) is 0 Å². The molecule has 0 atom stereocenters. The Morgan fingerprint density at radius 2 is 2.20 bits per heavy atom. The zero-order valence-corrected chi connectivity index (χ0v) is 7.11. The summed E-state index contributed by atoms with van der Waals surface area (Å²) in [6.07, 6.45) is 2.07. The number of hydrogen-bond donors (Lipinski definition) is 0. The third-order valence-corrected chi connectivity index (χ3v) is 1.80. The van der Waals surface area contributed by atoms with E-state index in [9.17, 15) is 0 Å². The first kappa shape index (κ1) is 7.74. The molecule has 0 unspecified atom stereocenters. The zero-order chi connectivity index (χ0) is 7.40. The summed E-state index contributed by atoms with van der Waals surface area (Å²) in [5.74, 6) is 0. The van der Waals surface area contributed by atoms with Crippen molar-refractivity contribution in [2.24, 2.45) is 0 Å². The maximum atomic E-state index is 2.18. The molecule has 0 saturated carbocycles. The second kappa shape index (κ2) is 3.72. The van der Waals surface area contributed by atoms with Crippen molar-refractivity contribution in [3.8, 4) is 0 Å². The summed E-state index contributed by atoms with van der Waals surface area (Å²) >= 11 is 1.74. The quantitative estimate of drug-likeness (QED) is 0.575. The van der Waals surface area contributed by atoms with Crippen LogP contribution in [-0.4, -0.2) is 12.8 Å². The van der Waals surface area contributed by atoms with E-state index < -0.39 is 0 Å². The molecule has 0 amide bonds. The summed E-state index contributed by atoms with van der Waals surface area (Å²) in [4.78, 5) is 0. The summed E-state index contributed by atoms with van der Waals surface area (Å²) in [6, 6.07) is 8.48. The van der Waals surface area contributed by atoms with Crippen LogP contribution in [0.1, 0.15) is 5.56 Å². The van der Waals surface area contributed by atoms with Gasteiger partial charge >= 0.3 is 0 Å². The standard InChI is InChI=1S/C8H10BS/c1-7-4-3-5-8(6-7)9-10-2/h3-6H,1-2H3. The van der Waals surface area contributed by atoms with Gasteiger partial charge in [-0.1, -0.05) is 35.3 Å². The lowest BCUT2D eigenvalue weighted by molar-refractivity contribution is 1.50. The highest BCUT2D eigenvalue weighted by Crippen LogP contribution is 1.94. The average molecular weight is 149 g/mol. The average Bonchev–Trinajstić information content (AvgIpc) is 1.88. The Bertz CT molecular complexity index is 210. The fourth-order valence-electron chi connectivity index (χ4n) is 0.880. The maximum Gasteiger partial charge on any atom is 0.229 e. The molecular formula is C8H10BS. The Kier molecular flexibility index (Phi) is 2.88. The first-order valence-electron chi connectivity index (χ1n) is 3.25. The molecule has 1 radical (unpaired) electrons. The monoisotopic (exact) mass is 149 g/mol. The van der Waals surface area contributed by atoms with Crippen molar-refractivity contribution in [3.05, 3.63) is 29.8 Å². The van der Waals surface area contributed by atoms with E-state index in [0.717, 1.165) is 0 Å². The molecule has 1 aromatic rings. The van der Waals surface area contributed by atoms with Crippen molar-refractivity contribution >= 4 is 23.6 Å². The van der Waals surface area contributed by atoms with Gasteiger partial charge in [-0.15, -0.1) is 0 Å². The number of benzene rings is 1. The van der Waals surface area contributed by atoms with E-state index in [1.54, 1.807) is 11.6 Å². The number of aryl methyl sites for hydroxylation is 1. The molecule has 0 bridgehead atoms. The van der Waals surface area contributed by atoms with Gasteiger partial charge in [0.05, 0.1) is 0 Å². The van der Waals surface area contributed by atoms with Gasteiger partial charge in [-0.3, -0.25) is 0 Å². The Hall–Kier alpha value is -0.365. The molecule has 0 nitrogen and oxygen atoms in total. The first-order chi connectivity index (χ1) is 4.83. The van der Waals surface area contributed by atoms with Crippen molar-refractivity contribution in [1.82, 2.24) is 0 Å². The molecule has 0 aromatic heterocycles. The topological polar surface area (TPSA) is 0 Å². The molecule has 0 spiro atoms. The lowest BCUT2D eigenvalue weighted by atomic mass is 9.93. The van der Waals surface area contributed by atoms with Crippen LogP contribution < -0.4 is 5.46 Å². The molecule has 51 valence electrons. The van der Waals surface area contributed by atoms with Crippen LogP contribution in [0.15, 0.2) is 24.3 Å². The van der Waals surface area contributed by atoms with Crippen LogP contribution in [0.25, 0.3) is 0 Å². The van der Waals surface area contributed by atoms with Gasteiger partial charge < -0.3 is 0 Å². The van der Waals surface area contributed by atoms with Crippen LogP contribution in [-0.2, 0) is 0 Å². The number of hydrogen-bond acceptors (Lipinski definition) is 1. The fraction of sp³-hybridized carbons (Fsp3) is 0.250. The Balaban J connectivity index is 2.75. The largest absolute Gasteiger partial charge is 0.229 e. The van der Waals surface area contributed by atoms with Crippen LogP contribution in [0.2, 0.25) is 0 Å². The molecule has 0 N–H and O–H groups in total. The van der Waals surface area contributed by atoms with Crippen LogP contribution in [0.3, 0.4) is 0 Å². The van der Waals surface area contributed by atoms with Crippen LogP contribution in [0.4, 0.5) is 0 Å². The molecule has 0 aliphatic rings. The molecule has 2 heteroatoms. The molecule has 0 aliphatic heterocycles. The van der Waals surface area contributed by atoms with Gasteiger partial charge in [0.2, 0.25) is 6.56 Å². The molecule has 10 heavy (non-hydrogen) atoms. The summed E-state index contributed by atoms with van der Waals surface area (Å²) in [5.41, 5.74) is 2.62. The normalized spacial score (nSPS) is 9.40. The van der Waals surface area contributed by atoms with E-state index in [1.165, 1.54) is 11.0 Å². The zero-order valence-electron chi connectivity index (χ0n) is 6.29. The number of rotatable bonds is 2. The minimum atomic E-state index is 1.30. The second-order valence-electron chi connectivity index (χ2n) is 2.27. The SMILES string of the molecule is CS[B]c1cccc(C)c1. The van der Waals surface area contributed by atoms with E-state index in [1.807, 2.05) is 0 Å². The van der Waals surface area contributed by atoms with Crippen molar-refractivity contribution in [3.63, 3.8) is 0 Å². The molecular weight excluding hydrogens is 139 g/mol. The highest BCUT2D eigenvalue weighted by Gasteiger charge is 1.91. The molecule has 0 heterocycles. The summed E-state index contributed by atoms with van der Waals surface area (Å²) in [6.45, 7) is 4.25. The predicted octanol–water partition coefficient (Wildman–Crippen LogP) is 1.60. The summed E-state index contributed by atoms with van der Waals surface area (Å²) in [7, 11) is 0. The van der Waals surface area contributed by atoms with Gasteiger partial charge in [0.1, 0.15) is 0 Å². The van der Waals surface area contributed by atoms with Crippen molar-refractivity contribution in [2.75, 3.05) is 6.26 Å². The van der Waals surface area contributed by atoms with Gasteiger partial charge in [-0.25, -0.2) is 11.6 Å². The van der Waals surface area contributed by atoms with E-state index in [4.69, 9.17) is 0 Å². The van der Waals surface area contributed by atoms with Crippen molar-refractivity contribution < 1.29 is 0 Å². The van der Waals surface area contributed by atoms with Gasteiger partial charge in [0.15, 0.2) is 0 Å². The van der Waals surface area contributed by atoms with Crippen LogP contribution >= 0.6 is 11.6 Å². The molecule has 0 fully saturated rings. The van der Waals surface area contributed by atoms with E-state index in [0.29, 0.717) is 0 Å². The van der Waals surface area contributed by atoms with Gasteiger partial charge in [-0.2, -0.15) is 0 Å². The molecule has 0 saturated heterocycles. The summed E-state index contributed by atoms with van der Waals surface area (Å²) < 4.78 is 0. The Labute approximate surface area is 67.2 Å². The maximum absolute atomic E-state index is 2.18. The lowest BCUT2D eigenvalue weighted by Crippen LogP contribution is -2.09. The molecule has 1 rings (SSSR count). The lowest BCUT2D eigenvalue weighted by Gasteiger charge is -1.96. The van der Waals surface area contributed by atoms with Gasteiger partial charge in [0.25, 0.3) is 0 Å². The highest BCUT2D eigenvalue weighted by atomic mass is 32.2. The smallest absolute Gasteiger partial charge is 0.215 e. The van der Waals surface area contributed by atoms with E-state index >= 15 is 0 Å². The molecule has 0 aliphatic carbocycles. The Morgan fingerprint density at radius 3 is 2.80 bits per heavy atom. The minimum Gasteiger partial charge on any atom is -0.215 e.